The van der Waals surface area contributed by atoms with Crippen LogP contribution in [0.3, 0.4) is 0 Å². The first-order valence-corrected chi connectivity index (χ1v) is 6.65. The predicted molar refractivity (Wildman–Crippen MR) is 83.3 cm³/mol. The summed E-state index contributed by atoms with van der Waals surface area (Å²) in [5, 5.41) is 0. The van der Waals surface area contributed by atoms with E-state index in [4.69, 9.17) is 5.73 Å². The van der Waals surface area contributed by atoms with E-state index in [-0.39, 0.29) is 0 Å². The van der Waals surface area contributed by atoms with E-state index in [0.29, 0.717) is 5.69 Å². The Hall–Kier alpha value is -2.61. The SMILES string of the molecule is Nc1cnccc1-c1ccc(Cc2ccccc2)cc1. The van der Waals surface area contributed by atoms with Gasteiger partial charge in [-0.25, -0.2) is 0 Å². The van der Waals surface area contributed by atoms with Gasteiger partial charge in [0.05, 0.1) is 11.9 Å². The molecule has 20 heavy (non-hydrogen) atoms. The van der Waals surface area contributed by atoms with Gasteiger partial charge in [0.1, 0.15) is 0 Å². The number of nitrogen functional groups attached to an aromatic ring is 1. The second-order valence-corrected chi connectivity index (χ2v) is 4.82. The maximum absolute atomic E-state index is 5.95. The first-order valence-electron chi connectivity index (χ1n) is 6.65. The average Bonchev–Trinajstić information content (AvgIpc) is 2.50. The van der Waals surface area contributed by atoms with Gasteiger partial charge in [-0.15, -0.1) is 0 Å². The molecular weight excluding hydrogens is 244 g/mol. The van der Waals surface area contributed by atoms with Crippen molar-refractivity contribution in [2.45, 2.75) is 6.42 Å². The summed E-state index contributed by atoms with van der Waals surface area (Å²) >= 11 is 0. The molecule has 2 N–H and O–H groups in total. The standard InChI is InChI=1S/C18H16N2/c19-18-13-20-11-10-17(18)16-8-6-15(7-9-16)12-14-4-2-1-3-5-14/h1-11,13H,12,19H2. The lowest BCUT2D eigenvalue weighted by Crippen LogP contribution is -1.92. The van der Waals surface area contributed by atoms with Crippen molar-refractivity contribution >= 4 is 5.69 Å². The van der Waals surface area contributed by atoms with E-state index >= 15 is 0 Å². The van der Waals surface area contributed by atoms with Gasteiger partial charge < -0.3 is 5.73 Å². The van der Waals surface area contributed by atoms with Gasteiger partial charge in [0.15, 0.2) is 0 Å². The zero-order valence-corrected chi connectivity index (χ0v) is 11.2. The van der Waals surface area contributed by atoms with Gasteiger partial charge in [-0.1, -0.05) is 54.6 Å². The Morgan fingerprint density at radius 1 is 0.800 bits per heavy atom. The molecule has 0 aliphatic heterocycles. The molecule has 0 aliphatic rings. The van der Waals surface area contributed by atoms with Crippen LogP contribution in [0.25, 0.3) is 11.1 Å². The van der Waals surface area contributed by atoms with Gasteiger partial charge in [0, 0.05) is 11.8 Å². The molecule has 0 atom stereocenters. The van der Waals surface area contributed by atoms with Crippen LogP contribution in [0.1, 0.15) is 11.1 Å². The lowest BCUT2D eigenvalue weighted by Gasteiger charge is -2.07. The predicted octanol–water partition coefficient (Wildman–Crippen LogP) is 3.92. The van der Waals surface area contributed by atoms with Crippen LogP contribution < -0.4 is 5.73 Å². The van der Waals surface area contributed by atoms with Crippen molar-refractivity contribution in [3.8, 4) is 11.1 Å². The average molecular weight is 260 g/mol. The Balaban J connectivity index is 1.83. The highest BCUT2D eigenvalue weighted by Crippen LogP contribution is 2.25. The van der Waals surface area contributed by atoms with Gasteiger partial charge in [-0.05, 0) is 29.2 Å². The van der Waals surface area contributed by atoms with E-state index in [1.54, 1.807) is 12.4 Å². The van der Waals surface area contributed by atoms with Crippen LogP contribution in [0, 0.1) is 0 Å². The number of rotatable bonds is 3. The molecule has 2 aromatic carbocycles. The van der Waals surface area contributed by atoms with Crippen molar-refractivity contribution < 1.29 is 0 Å². The third kappa shape index (κ3) is 2.69. The Kier molecular flexibility index (Phi) is 3.46. The number of aromatic nitrogens is 1. The monoisotopic (exact) mass is 260 g/mol. The zero-order valence-electron chi connectivity index (χ0n) is 11.2. The molecule has 3 rings (SSSR count). The molecule has 0 bridgehead atoms. The summed E-state index contributed by atoms with van der Waals surface area (Å²) in [5.74, 6) is 0. The van der Waals surface area contributed by atoms with E-state index in [9.17, 15) is 0 Å². The zero-order chi connectivity index (χ0) is 13.8. The van der Waals surface area contributed by atoms with Gasteiger partial charge in [-0.3, -0.25) is 4.98 Å². The molecule has 0 fully saturated rings. The Morgan fingerprint density at radius 3 is 2.20 bits per heavy atom. The number of hydrogen-bond donors (Lipinski definition) is 1. The number of nitrogens with zero attached hydrogens (tertiary/aromatic N) is 1. The largest absolute Gasteiger partial charge is 0.397 e. The van der Waals surface area contributed by atoms with E-state index in [1.807, 2.05) is 12.1 Å². The molecule has 2 heteroatoms. The van der Waals surface area contributed by atoms with Crippen LogP contribution in [-0.4, -0.2) is 4.98 Å². The van der Waals surface area contributed by atoms with E-state index in [0.717, 1.165) is 17.5 Å². The third-order valence-corrected chi connectivity index (χ3v) is 3.37. The van der Waals surface area contributed by atoms with Crippen LogP contribution in [0.2, 0.25) is 0 Å². The summed E-state index contributed by atoms with van der Waals surface area (Å²) in [6.07, 6.45) is 4.41. The highest BCUT2D eigenvalue weighted by molar-refractivity contribution is 5.75. The lowest BCUT2D eigenvalue weighted by atomic mass is 10.0. The van der Waals surface area contributed by atoms with Crippen LogP contribution in [0.5, 0.6) is 0 Å². The molecule has 0 saturated heterocycles. The second kappa shape index (κ2) is 5.57. The fraction of sp³-hybridized carbons (Fsp3) is 0.0556. The molecule has 0 saturated carbocycles. The summed E-state index contributed by atoms with van der Waals surface area (Å²) < 4.78 is 0. The molecular formula is C18H16N2. The molecule has 1 aromatic heterocycles. The number of nitrogens with two attached hydrogens (primary N) is 1. The fourth-order valence-electron chi connectivity index (χ4n) is 2.30. The van der Waals surface area contributed by atoms with E-state index in [1.165, 1.54) is 11.1 Å². The number of hydrogen-bond acceptors (Lipinski definition) is 2. The van der Waals surface area contributed by atoms with Gasteiger partial charge in [0.2, 0.25) is 0 Å². The fourth-order valence-corrected chi connectivity index (χ4v) is 2.30. The van der Waals surface area contributed by atoms with E-state index < -0.39 is 0 Å². The lowest BCUT2D eigenvalue weighted by molar-refractivity contribution is 1.19. The Labute approximate surface area is 118 Å². The van der Waals surface area contributed by atoms with Crippen molar-refractivity contribution in [1.29, 1.82) is 0 Å². The number of benzene rings is 2. The van der Waals surface area contributed by atoms with Gasteiger partial charge >= 0.3 is 0 Å². The molecule has 98 valence electrons. The molecule has 0 aliphatic carbocycles. The minimum absolute atomic E-state index is 0.711. The quantitative estimate of drug-likeness (QED) is 0.775. The second-order valence-electron chi connectivity index (χ2n) is 4.82. The Bertz CT molecular complexity index is 688. The number of pyridine rings is 1. The molecule has 2 nitrogen and oxygen atoms in total. The highest BCUT2D eigenvalue weighted by Gasteiger charge is 2.02. The summed E-state index contributed by atoms with van der Waals surface area (Å²) in [5.41, 5.74) is 11.4. The van der Waals surface area contributed by atoms with Crippen molar-refractivity contribution in [3.05, 3.63) is 84.2 Å². The van der Waals surface area contributed by atoms with Crippen molar-refractivity contribution in [2.24, 2.45) is 0 Å². The van der Waals surface area contributed by atoms with Crippen molar-refractivity contribution in [2.75, 3.05) is 5.73 Å². The molecule has 0 unspecified atom stereocenters. The molecule has 0 amide bonds. The maximum atomic E-state index is 5.95. The molecule has 1 heterocycles. The smallest absolute Gasteiger partial charge is 0.0580 e. The van der Waals surface area contributed by atoms with Crippen LogP contribution in [0.4, 0.5) is 5.69 Å². The molecule has 0 spiro atoms. The summed E-state index contributed by atoms with van der Waals surface area (Å²) in [6, 6.07) is 21.0. The first kappa shape index (κ1) is 12.4. The summed E-state index contributed by atoms with van der Waals surface area (Å²) in [4.78, 5) is 4.02. The minimum Gasteiger partial charge on any atom is -0.397 e. The van der Waals surface area contributed by atoms with Gasteiger partial charge in [-0.2, -0.15) is 0 Å². The van der Waals surface area contributed by atoms with E-state index in [2.05, 4.69) is 53.5 Å². The number of anilines is 1. The van der Waals surface area contributed by atoms with Crippen molar-refractivity contribution in [1.82, 2.24) is 4.98 Å². The molecule has 0 radical (unpaired) electrons. The van der Waals surface area contributed by atoms with Gasteiger partial charge in [0.25, 0.3) is 0 Å². The van der Waals surface area contributed by atoms with Crippen LogP contribution >= 0.6 is 0 Å². The summed E-state index contributed by atoms with van der Waals surface area (Å²) in [7, 11) is 0. The first-order chi connectivity index (χ1) is 9.83. The van der Waals surface area contributed by atoms with Crippen molar-refractivity contribution in [3.63, 3.8) is 0 Å². The van der Waals surface area contributed by atoms with Crippen LogP contribution in [0.15, 0.2) is 73.1 Å². The topological polar surface area (TPSA) is 38.9 Å². The third-order valence-electron chi connectivity index (χ3n) is 3.37. The Morgan fingerprint density at radius 2 is 1.50 bits per heavy atom. The van der Waals surface area contributed by atoms with Crippen LogP contribution in [-0.2, 0) is 6.42 Å². The minimum atomic E-state index is 0.711. The summed E-state index contributed by atoms with van der Waals surface area (Å²) in [6.45, 7) is 0. The highest BCUT2D eigenvalue weighted by atomic mass is 14.7. The molecule has 3 aromatic rings. The maximum Gasteiger partial charge on any atom is 0.0580 e. The normalized spacial score (nSPS) is 10.4.